The fourth-order valence-corrected chi connectivity index (χ4v) is 6.95. The topological polar surface area (TPSA) is 84.6 Å². The molecule has 2 heterocycles. The van der Waals surface area contributed by atoms with Crippen molar-refractivity contribution in [2.24, 2.45) is 5.92 Å². The van der Waals surface area contributed by atoms with E-state index in [9.17, 15) is 17.6 Å². The summed E-state index contributed by atoms with van der Waals surface area (Å²) >= 11 is 0. The first-order valence-electron chi connectivity index (χ1n) is 14.8. The van der Waals surface area contributed by atoms with Gasteiger partial charge in [-0.2, -0.15) is 13.2 Å². The second-order valence-electron chi connectivity index (χ2n) is 11.4. The van der Waals surface area contributed by atoms with Crippen molar-refractivity contribution < 1.29 is 34.3 Å². The normalized spacial score (nSPS) is 22.3. The number of benzene rings is 2. The van der Waals surface area contributed by atoms with E-state index in [0.29, 0.717) is 16.9 Å². The van der Waals surface area contributed by atoms with Crippen molar-refractivity contribution in [3.63, 3.8) is 0 Å². The number of hydroxylamine groups is 1. The third kappa shape index (κ3) is 8.40. The maximum Gasteiger partial charge on any atom is 0.416 e. The second-order valence-corrected chi connectivity index (χ2v) is 13.5. The van der Waals surface area contributed by atoms with Crippen molar-refractivity contribution in [1.29, 1.82) is 0 Å². The Bertz CT molecular complexity index is 1290. The van der Waals surface area contributed by atoms with Gasteiger partial charge in [-0.15, -0.1) is 0 Å². The predicted octanol–water partition coefficient (Wildman–Crippen LogP) is 8.00. The van der Waals surface area contributed by atoms with Crippen molar-refractivity contribution in [2.75, 3.05) is 13.1 Å². The molecule has 2 aromatic carbocycles. The van der Waals surface area contributed by atoms with Gasteiger partial charge in [0.15, 0.2) is 0 Å². The molecule has 43 heavy (non-hydrogen) atoms. The molecule has 2 aliphatic heterocycles. The highest BCUT2D eigenvalue weighted by Gasteiger charge is 2.50. The maximum atomic E-state index is 13.5. The highest BCUT2D eigenvalue weighted by atomic mass is 32.3. The van der Waals surface area contributed by atoms with Crippen molar-refractivity contribution in [1.82, 2.24) is 20.4 Å². The first-order valence-corrected chi connectivity index (χ1v) is 16.2. The van der Waals surface area contributed by atoms with Crippen LogP contribution in [0.15, 0.2) is 70.4 Å². The summed E-state index contributed by atoms with van der Waals surface area (Å²) in [6.45, 7) is 10.1. The number of nitrogens with zero attached hydrogens (tertiary/aromatic N) is 1. The van der Waals surface area contributed by atoms with Gasteiger partial charge in [0.25, 0.3) is 0 Å². The standard InChI is InChI=1S/C23H23F4N3O2S.C6H13NO.C2H6.2H2/c1-22(2)14-28-21(29-22)16-11-19(12-16)30(13-15-3-5-17(6-4-15)23(25,26)27)33(31-32-33)20-9-7-18(24)8-10-20;8-7-5-4-6-2-1-3-6;1-2;;/h3-10,21,28-29H,11,13-14H2,1-2H3;6-8H,1-5H2;1-2H3;2*1H. The molecular formula is C31H46F4N4O3S. The van der Waals surface area contributed by atoms with E-state index < -0.39 is 22.5 Å². The zero-order chi connectivity index (χ0) is 31.3. The van der Waals surface area contributed by atoms with Gasteiger partial charge in [0.05, 0.1) is 28.9 Å². The second kappa shape index (κ2) is 14.1. The molecule has 4 N–H and O–H groups in total. The fourth-order valence-electron chi connectivity index (χ4n) is 4.99. The fraction of sp³-hybridized carbons (Fsp3) is 0.516. The van der Waals surface area contributed by atoms with Gasteiger partial charge in [-0.3, -0.25) is 14.9 Å². The quantitative estimate of drug-likeness (QED) is 0.0735. The minimum Gasteiger partial charge on any atom is -0.317 e. The third-order valence-electron chi connectivity index (χ3n) is 7.69. The minimum atomic E-state index is -4.40. The first-order chi connectivity index (χ1) is 20.5. The van der Waals surface area contributed by atoms with E-state index >= 15 is 0 Å². The monoisotopic (exact) mass is 630 g/mol. The van der Waals surface area contributed by atoms with Gasteiger partial charge >= 0.3 is 6.18 Å². The molecule has 4 aliphatic rings. The number of alkyl halides is 3. The molecule has 0 spiro atoms. The Balaban J connectivity index is 0.000000509. The van der Waals surface area contributed by atoms with E-state index in [1.807, 2.05) is 18.2 Å². The van der Waals surface area contributed by atoms with Gasteiger partial charge in [0.2, 0.25) is 0 Å². The molecule has 242 valence electrons. The highest BCUT2D eigenvalue weighted by Crippen LogP contribution is 2.75. The van der Waals surface area contributed by atoms with Crippen LogP contribution in [0.5, 0.6) is 0 Å². The van der Waals surface area contributed by atoms with Crippen LogP contribution in [0, 0.1) is 11.7 Å². The van der Waals surface area contributed by atoms with Crippen LogP contribution in [0.4, 0.5) is 17.6 Å². The summed E-state index contributed by atoms with van der Waals surface area (Å²) in [6, 6.07) is 10.9. The summed E-state index contributed by atoms with van der Waals surface area (Å²) in [5.74, 6) is 0.531. The summed E-state index contributed by atoms with van der Waals surface area (Å²) in [5.41, 5.74) is 7.37. The van der Waals surface area contributed by atoms with Crippen molar-refractivity contribution in [3.8, 4) is 0 Å². The molecule has 0 radical (unpaired) electrons. The Morgan fingerprint density at radius 3 is 2.19 bits per heavy atom. The van der Waals surface area contributed by atoms with Crippen LogP contribution in [0.2, 0.25) is 0 Å². The van der Waals surface area contributed by atoms with E-state index in [4.69, 9.17) is 13.9 Å². The van der Waals surface area contributed by atoms with Gasteiger partial charge < -0.3 is 5.21 Å². The van der Waals surface area contributed by atoms with E-state index in [0.717, 1.165) is 48.8 Å². The van der Waals surface area contributed by atoms with E-state index in [1.165, 1.54) is 43.5 Å². The van der Waals surface area contributed by atoms with E-state index in [2.05, 4.69) is 35.7 Å². The van der Waals surface area contributed by atoms with Crippen LogP contribution in [0.1, 0.15) is 73.8 Å². The highest BCUT2D eigenvalue weighted by molar-refractivity contribution is 8.27. The number of nitrogens with one attached hydrogen (secondary N) is 3. The average Bonchev–Trinajstić information content (AvgIpc) is 3.65. The molecule has 0 amide bonds. The number of hydrogen-bond acceptors (Lipinski definition) is 7. The Kier molecular flexibility index (Phi) is 11.0. The Hall–Kier alpha value is -2.41. The largest absolute Gasteiger partial charge is 0.416 e. The van der Waals surface area contributed by atoms with E-state index in [1.54, 1.807) is 12.1 Å². The van der Waals surface area contributed by atoms with Crippen LogP contribution in [0.3, 0.4) is 0 Å². The lowest BCUT2D eigenvalue weighted by molar-refractivity contribution is -0.137. The Morgan fingerprint density at radius 1 is 1.09 bits per heavy atom. The molecule has 3 fully saturated rings. The smallest absolute Gasteiger partial charge is 0.317 e. The molecule has 2 saturated heterocycles. The van der Waals surface area contributed by atoms with E-state index in [-0.39, 0.29) is 26.9 Å². The van der Waals surface area contributed by atoms with Gasteiger partial charge in [-0.05, 0) is 78.9 Å². The van der Waals surface area contributed by atoms with Gasteiger partial charge in [-0.1, -0.05) is 59.6 Å². The van der Waals surface area contributed by atoms with Crippen molar-refractivity contribution in [2.45, 2.75) is 89.1 Å². The molecular weight excluding hydrogens is 584 g/mol. The van der Waals surface area contributed by atoms with Crippen LogP contribution >= 0.6 is 10.8 Å². The molecule has 1 unspecified atom stereocenters. The Morgan fingerprint density at radius 2 is 1.72 bits per heavy atom. The summed E-state index contributed by atoms with van der Waals surface area (Å²) in [6.07, 6.45) is 1.53. The molecule has 6 rings (SSSR count). The zero-order valence-electron chi connectivity index (χ0n) is 25.1. The minimum absolute atomic E-state index is 0. The summed E-state index contributed by atoms with van der Waals surface area (Å²) < 4.78 is 65.3. The lowest BCUT2D eigenvalue weighted by Gasteiger charge is -2.37. The average molecular weight is 631 g/mol. The van der Waals surface area contributed by atoms with Crippen LogP contribution in [-0.4, -0.2) is 34.3 Å². The lowest BCUT2D eigenvalue weighted by atomic mass is 9.83. The SMILES string of the molecule is CC.CC1(C)CNC(C2=C=C(N(Cc3ccc(C(F)(F)F)cc3)S3(c4ccc(F)cc4)OO3)C2)N1.ONCCC1CCC1.[HH].[HH]. The predicted molar refractivity (Wildman–Crippen MR) is 163 cm³/mol. The van der Waals surface area contributed by atoms with Gasteiger partial charge in [-0.25, -0.2) is 9.87 Å². The summed E-state index contributed by atoms with van der Waals surface area (Å²) in [7, 11) is -2.34. The van der Waals surface area contributed by atoms with Gasteiger partial charge in [0.1, 0.15) is 5.82 Å². The number of rotatable bonds is 9. The van der Waals surface area contributed by atoms with Crippen molar-refractivity contribution >= 4 is 10.8 Å². The summed E-state index contributed by atoms with van der Waals surface area (Å²) in [5, 5.41) is 15.1. The van der Waals surface area contributed by atoms with Crippen LogP contribution < -0.4 is 16.1 Å². The molecule has 12 heteroatoms. The molecule has 1 saturated carbocycles. The number of halogens is 4. The molecule has 7 nitrogen and oxygen atoms in total. The summed E-state index contributed by atoms with van der Waals surface area (Å²) in [4.78, 5) is 0.664. The maximum absolute atomic E-state index is 13.5. The number of hydrogen-bond donors (Lipinski definition) is 4. The first kappa shape index (κ1) is 33.5. The lowest BCUT2D eigenvalue weighted by Crippen LogP contribution is -2.41. The molecule has 2 aromatic rings. The van der Waals surface area contributed by atoms with Crippen LogP contribution in [-0.2, 0) is 21.4 Å². The van der Waals surface area contributed by atoms with Crippen molar-refractivity contribution in [3.05, 3.63) is 82.5 Å². The molecule has 0 aromatic heterocycles. The van der Waals surface area contributed by atoms with Gasteiger partial charge in [0, 0.05) is 33.5 Å². The molecule has 0 bridgehead atoms. The molecule has 1 atom stereocenters. The Labute approximate surface area is 256 Å². The zero-order valence-corrected chi connectivity index (χ0v) is 25.9. The van der Waals surface area contributed by atoms with Crippen LogP contribution in [0.25, 0.3) is 0 Å². The molecule has 2 aliphatic carbocycles. The third-order valence-corrected chi connectivity index (χ3v) is 9.88.